The molecule has 1 N–H and O–H groups in total. The van der Waals surface area contributed by atoms with E-state index in [4.69, 9.17) is 0 Å². The summed E-state index contributed by atoms with van der Waals surface area (Å²) < 4.78 is 0. The molecule has 0 bridgehead atoms. The van der Waals surface area contributed by atoms with Crippen LogP contribution < -0.4 is 0 Å². The topological polar surface area (TPSA) is 20.2 Å². The number of rotatable bonds is 1. The van der Waals surface area contributed by atoms with Crippen LogP contribution in [-0.2, 0) is 0 Å². The van der Waals surface area contributed by atoms with Gasteiger partial charge in [-0.1, -0.05) is 12.7 Å². The minimum absolute atomic E-state index is 0.355. The molecule has 0 aliphatic carbocycles. The first-order valence-corrected chi connectivity index (χ1v) is 3.58. The monoisotopic (exact) mass is 148 g/mol. The van der Waals surface area contributed by atoms with E-state index in [1.165, 1.54) is 0 Å². The Balaban J connectivity index is 3.31. The first-order valence-electron chi connectivity index (χ1n) is 3.58. The van der Waals surface area contributed by atoms with Crippen LogP contribution in [-0.4, -0.2) is 5.11 Å². The number of aryl methyl sites for hydroxylation is 2. The Kier molecular flexibility index (Phi) is 1.99. The molecule has 1 rings (SSSR count). The van der Waals surface area contributed by atoms with Crippen molar-refractivity contribution in [1.29, 1.82) is 0 Å². The number of phenols is 1. The first kappa shape index (κ1) is 7.86. The van der Waals surface area contributed by atoms with Gasteiger partial charge in [0.1, 0.15) is 5.75 Å². The van der Waals surface area contributed by atoms with Gasteiger partial charge >= 0.3 is 0 Å². The molecule has 0 unspecified atom stereocenters. The average Bonchev–Trinajstić information content (AvgIpc) is 1.97. The van der Waals surface area contributed by atoms with E-state index >= 15 is 0 Å². The van der Waals surface area contributed by atoms with Crippen LogP contribution in [0.25, 0.3) is 6.08 Å². The molecule has 0 atom stereocenters. The predicted octanol–water partition coefficient (Wildman–Crippen LogP) is 2.65. The van der Waals surface area contributed by atoms with Crippen molar-refractivity contribution < 1.29 is 5.11 Å². The molecule has 1 heteroatoms. The lowest BCUT2D eigenvalue weighted by atomic mass is 10.1. The van der Waals surface area contributed by atoms with Gasteiger partial charge in [-0.3, -0.25) is 0 Å². The number of phenolic OH excluding ortho intramolecular Hbond substituents is 1. The van der Waals surface area contributed by atoms with Crippen molar-refractivity contribution in [3.05, 3.63) is 35.4 Å². The molecule has 0 amide bonds. The lowest BCUT2D eigenvalue weighted by molar-refractivity contribution is 0.470. The molecular formula is C10H12O. The molecule has 58 valence electrons. The number of hydrogen-bond donors (Lipinski definition) is 1. The van der Waals surface area contributed by atoms with Gasteiger partial charge in [0.05, 0.1) is 0 Å². The van der Waals surface area contributed by atoms with Crippen molar-refractivity contribution in [2.45, 2.75) is 13.8 Å². The summed E-state index contributed by atoms with van der Waals surface area (Å²) in [5, 5.41) is 9.29. The fourth-order valence-corrected chi connectivity index (χ4v) is 1.04. The lowest BCUT2D eigenvalue weighted by Gasteiger charge is -2.03. The zero-order valence-electron chi connectivity index (χ0n) is 6.89. The maximum atomic E-state index is 9.29. The van der Waals surface area contributed by atoms with E-state index in [2.05, 4.69) is 6.58 Å². The van der Waals surface area contributed by atoms with Crippen molar-refractivity contribution in [1.82, 2.24) is 0 Å². The van der Waals surface area contributed by atoms with Crippen LogP contribution in [0.2, 0.25) is 0 Å². The molecule has 0 heterocycles. The molecule has 0 aliphatic heterocycles. The summed E-state index contributed by atoms with van der Waals surface area (Å²) in [5.41, 5.74) is 3.04. The Bertz CT molecular complexity index is 287. The SMILES string of the molecule is C=Cc1cc(C)c(O)cc1C. The van der Waals surface area contributed by atoms with E-state index in [1.54, 1.807) is 12.1 Å². The molecule has 0 aliphatic rings. The van der Waals surface area contributed by atoms with E-state index in [0.29, 0.717) is 5.75 Å². The average molecular weight is 148 g/mol. The Labute approximate surface area is 67.0 Å². The summed E-state index contributed by atoms with van der Waals surface area (Å²) >= 11 is 0. The molecule has 1 aromatic rings. The summed E-state index contributed by atoms with van der Waals surface area (Å²) in [6.07, 6.45) is 1.79. The quantitative estimate of drug-likeness (QED) is 0.649. The van der Waals surface area contributed by atoms with Gasteiger partial charge in [-0.25, -0.2) is 0 Å². The third-order valence-electron chi connectivity index (χ3n) is 1.80. The number of benzene rings is 1. The summed E-state index contributed by atoms with van der Waals surface area (Å²) in [6.45, 7) is 7.51. The highest BCUT2D eigenvalue weighted by Crippen LogP contribution is 2.21. The fourth-order valence-electron chi connectivity index (χ4n) is 1.04. The molecule has 1 aromatic carbocycles. The van der Waals surface area contributed by atoms with Crippen LogP contribution in [0.1, 0.15) is 16.7 Å². The molecule has 11 heavy (non-hydrogen) atoms. The van der Waals surface area contributed by atoms with Crippen LogP contribution in [0.5, 0.6) is 5.75 Å². The highest BCUT2D eigenvalue weighted by atomic mass is 16.3. The predicted molar refractivity (Wildman–Crippen MR) is 47.7 cm³/mol. The van der Waals surface area contributed by atoms with E-state index < -0.39 is 0 Å². The van der Waals surface area contributed by atoms with Gasteiger partial charge in [0.25, 0.3) is 0 Å². The third kappa shape index (κ3) is 1.43. The minimum Gasteiger partial charge on any atom is -0.508 e. The molecular weight excluding hydrogens is 136 g/mol. The van der Waals surface area contributed by atoms with E-state index in [9.17, 15) is 5.11 Å². The molecule has 1 nitrogen and oxygen atoms in total. The van der Waals surface area contributed by atoms with Crippen LogP contribution >= 0.6 is 0 Å². The lowest BCUT2D eigenvalue weighted by Crippen LogP contribution is -1.82. The molecule has 0 saturated heterocycles. The molecule has 0 saturated carbocycles. The zero-order chi connectivity index (χ0) is 8.43. The summed E-state index contributed by atoms with van der Waals surface area (Å²) in [5.74, 6) is 0.355. The fraction of sp³-hybridized carbons (Fsp3) is 0.200. The van der Waals surface area contributed by atoms with Gasteiger partial charge < -0.3 is 5.11 Å². The van der Waals surface area contributed by atoms with Crippen molar-refractivity contribution in [2.24, 2.45) is 0 Å². The Morgan fingerprint density at radius 2 is 1.91 bits per heavy atom. The summed E-state index contributed by atoms with van der Waals surface area (Å²) in [4.78, 5) is 0. The maximum absolute atomic E-state index is 9.29. The third-order valence-corrected chi connectivity index (χ3v) is 1.80. The summed E-state index contributed by atoms with van der Waals surface area (Å²) in [7, 11) is 0. The van der Waals surface area contributed by atoms with Crippen LogP contribution in [0, 0.1) is 13.8 Å². The maximum Gasteiger partial charge on any atom is 0.118 e. The zero-order valence-corrected chi connectivity index (χ0v) is 6.89. The standard InChI is InChI=1S/C10H12O/c1-4-9-5-8(3)10(11)6-7(9)2/h4-6,11H,1H2,2-3H3. The van der Waals surface area contributed by atoms with Crippen molar-refractivity contribution >= 4 is 6.08 Å². The van der Waals surface area contributed by atoms with Gasteiger partial charge in [-0.05, 0) is 42.7 Å². The molecule has 0 radical (unpaired) electrons. The highest BCUT2D eigenvalue weighted by Gasteiger charge is 1.99. The van der Waals surface area contributed by atoms with Crippen LogP contribution in [0.4, 0.5) is 0 Å². The van der Waals surface area contributed by atoms with Gasteiger partial charge in [0.15, 0.2) is 0 Å². The molecule has 0 spiro atoms. The minimum atomic E-state index is 0.355. The van der Waals surface area contributed by atoms with Gasteiger partial charge in [-0.2, -0.15) is 0 Å². The van der Waals surface area contributed by atoms with Crippen molar-refractivity contribution in [2.75, 3.05) is 0 Å². The summed E-state index contributed by atoms with van der Waals surface area (Å²) in [6, 6.07) is 3.68. The normalized spacial score (nSPS) is 9.64. The second-order valence-corrected chi connectivity index (χ2v) is 2.70. The van der Waals surface area contributed by atoms with Crippen molar-refractivity contribution in [3.8, 4) is 5.75 Å². The van der Waals surface area contributed by atoms with Gasteiger partial charge in [0.2, 0.25) is 0 Å². The number of aromatic hydroxyl groups is 1. The molecule has 0 aromatic heterocycles. The van der Waals surface area contributed by atoms with Crippen molar-refractivity contribution in [3.63, 3.8) is 0 Å². The Hall–Kier alpha value is -1.24. The van der Waals surface area contributed by atoms with Crippen LogP contribution in [0.15, 0.2) is 18.7 Å². The van der Waals surface area contributed by atoms with E-state index in [-0.39, 0.29) is 0 Å². The second kappa shape index (κ2) is 2.79. The number of hydrogen-bond acceptors (Lipinski definition) is 1. The molecule has 0 fully saturated rings. The first-order chi connectivity index (χ1) is 5.15. The van der Waals surface area contributed by atoms with Crippen LogP contribution in [0.3, 0.4) is 0 Å². The Morgan fingerprint density at radius 3 is 2.45 bits per heavy atom. The largest absolute Gasteiger partial charge is 0.508 e. The second-order valence-electron chi connectivity index (χ2n) is 2.70. The highest BCUT2D eigenvalue weighted by molar-refractivity contribution is 5.55. The van der Waals surface area contributed by atoms with Gasteiger partial charge in [-0.15, -0.1) is 0 Å². The van der Waals surface area contributed by atoms with E-state index in [1.807, 2.05) is 19.9 Å². The Morgan fingerprint density at radius 1 is 1.27 bits per heavy atom. The smallest absolute Gasteiger partial charge is 0.118 e. The van der Waals surface area contributed by atoms with E-state index in [0.717, 1.165) is 16.7 Å². The van der Waals surface area contributed by atoms with Gasteiger partial charge in [0, 0.05) is 0 Å².